The number of aromatic nitrogens is 4. The highest BCUT2D eigenvalue weighted by Crippen LogP contribution is 2.23. The Labute approximate surface area is 123 Å². The molecular weight excluding hydrogens is 292 g/mol. The number of rotatable bonds is 3. The van der Waals surface area contributed by atoms with Crippen LogP contribution < -0.4 is 5.56 Å². The van der Waals surface area contributed by atoms with Crippen LogP contribution in [0.5, 0.6) is 0 Å². The lowest BCUT2D eigenvalue weighted by atomic mass is 10.1. The van der Waals surface area contributed by atoms with Crippen LogP contribution >= 0.6 is 11.3 Å². The van der Waals surface area contributed by atoms with Gasteiger partial charge in [0.25, 0.3) is 0 Å². The summed E-state index contributed by atoms with van der Waals surface area (Å²) in [4.78, 5) is 30.6. The maximum absolute atomic E-state index is 12.1. The molecule has 3 aromatic heterocycles. The molecule has 0 saturated heterocycles. The highest BCUT2D eigenvalue weighted by molar-refractivity contribution is 7.12. The highest BCUT2D eigenvalue weighted by atomic mass is 32.1. The van der Waals surface area contributed by atoms with Gasteiger partial charge in [-0.2, -0.15) is 9.78 Å². The second kappa shape index (κ2) is 5.13. The summed E-state index contributed by atoms with van der Waals surface area (Å²) in [5.74, 6) is -0.520. The SMILES string of the molecule is CCOC(=O)c1nn(-c2nccs2)c2[nH]c(=O)cc(C)c12. The summed E-state index contributed by atoms with van der Waals surface area (Å²) in [5.41, 5.74) is 1.03. The molecule has 0 fully saturated rings. The zero-order valence-electron chi connectivity index (χ0n) is 11.4. The summed E-state index contributed by atoms with van der Waals surface area (Å²) in [6.07, 6.45) is 1.63. The van der Waals surface area contributed by atoms with Gasteiger partial charge in [-0.15, -0.1) is 11.3 Å². The smallest absolute Gasteiger partial charge is 0.359 e. The van der Waals surface area contributed by atoms with Crippen molar-refractivity contribution in [3.8, 4) is 5.13 Å². The first-order valence-corrected chi connectivity index (χ1v) is 7.19. The minimum Gasteiger partial charge on any atom is -0.461 e. The third-order valence-electron chi connectivity index (χ3n) is 2.94. The molecule has 7 nitrogen and oxygen atoms in total. The Morgan fingerprint density at radius 3 is 3.00 bits per heavy atom. The predicted molar refractivity (Wildman–Crippen MR) is 78.1 cm³/mol. The molecule has 21 heavy (non-hydrogen) atoms. The molecule has 8 heteroatoms. The van der Waals surface area contributed by atoms with E-state index >= 15 is 0 Å². The Hall–Kier alpha value is -2.48. The molecule has 0 aliphatic heterocycles. The van der Waals surface area contributed by atoms with Crippen LogP contribution in [-0.2, 0) is 4.74 Å². The fraction of sp³-hybridized carbons (Fsp3) is 0.231. The van der Waals surface area contributed by atoms with Crippen LogP contribution in [0.3, 0.4) is 0 Å². The third kappa shape index (κ3) is 2.23. The van der Waals surface area contributed by atoms with E-state index in [1.54, 1.807) is 25.4 Å². The lowest BCUT2D eigenvalue weighted by Crippen LogP contribution is -2.08. The molecule has 0 spiro atoms. The molecule has 0 aromatic carbocycles. The topological polar surface area (TPSA) is 89.9 Å². The number of nitrogens with one attached hydrogen (secondary N) is 1. The Morgan fingerprint density at radius 1 is 1.52 bits per heavy atom. The first-order chi connectivity index (χ1) is 10.1. The van der Waals surface area contributed by atoms with Crippen molar-refractivity contribution < 1.29 is 9.53 Å². The van der Waals surface area contributed by atoms with E-state index in [1.807, 2.05) is 0 Å². The summed E-state index contributed by atoms with van der Waals surface area (Å²) in [7, 11) is 0. The zero-order valence-corrected chi connectivity index (χ0v) is 12.2. The lowest BCUT2D eigenvalue weighted by Gasteiger charge is -2.00. The van der Waals surface area contributed by atoms with Crippen LogP contribution in [0.15, 0.2) is 22.4 Å². The number of nitrogens with zero attached hydrogens (tertiary/aromatic N) is 3. The van der Waals surface area contributed by atoms with Gasteiger partial charge in [0.05, 0.1) is 12.0 Å². The van der Waals surface area contributed by atoms with E-state index in [9.17, 15) is 9.59 Å². The van der Waals surface area contributed by atoms with Crippen molar-refractivity contribution in [2.75, 3.05) is 6.61 Å². The standard InChI is InChI=1S/C13H12N4O3S/c1-3-20-12(19)10-9-7(2)6-8(18)15-11(9)17(16-10)13-14-4-5-21-13/h4-6H,3H2,1-2H3,(H,15,18). The molecule has 0 atom stereocenters. The van der Waals surface area contributed by atoms with Gasteiger partial charge in [0.15, 0.2) is 5.69 Å². The molecule has 108 valence electrons. The second-order valence-electron chi connectivity index (χ2n) is 4.34. The number of aryl methyl sites for hydroxylation is 1. The average molecular weight is 304 g/mol. The van der Waals surface area contributed by atoms with E-state index in [1.165, 1.54) is 22.1 Å². The number of H-pyrrole nitrogens is 1. The van der Waals surface area contributed by atoms with E-state index in [4.69, 9.17) is 4.74 Å². The highest BCUT2D eigenvalue weighted by Gasteiger charge is 2.22. The van der Waals surface area contributed by atoms with E-state index < -0.39 is 5.97 Å². The van der Waals surface area contributed by atoms with Gasteiger partial charge in [0.2, 0.25) is 10.7 Å². The lowest BCUT2D eigenvalue weighted by molar-refractivity contribution is 0.0521. The molecule has 0 aliphatic rings. The van der Waals surface area contributed by atoms with Crippen molar-refractivity contribution in [1.82, 2.24) is 19.7 Å². The zero-order chi connectivity index (χ0) is 15.0. The van der Waals surface area contributed by atoms with Crippen molar-refractivity contribution in [3.05, 3.63) is 39.3 Å². The predicted octanol–water partition coefficient (Wildman–Crippen LogP) is 1.66. The van der Waals surface area contributed by atoms with Gasteiger partial charge in [0.1, 0.15) is 5.65 Å². The number of esters is 1. The van der Waals surface area contributed by atoms with Crippen molar-refractivity contribution in [2.24, 2.45) is 0 Å². The number of ether oxygens (including phenoxy) is 1. The van der Waals surface area contributed by atoms with Gasteiger partial charge < -0.3 is 9.72 Å². The van der Waals surface area contributed by atoms with Crippen LogP contribution in [0, 0.1) is 6.92 Å². The first-order valence-electron chi connectivity index (χ1n) is 6.31. The number of thiazole rings is 1. The number of hydrogen-bond donors (Lipinski definition) is 1. The summed E-state index contributed by atoms with van der Waals surface area (Å²) in [6, 6.07) is 1.43. The van der Waals surface area contributed by atoms with E-state index in [2.05, 4.69) is 15.1 Å². The van der Waals surface area contributed by atoms with Gasteiger partial charge >= 0.3 is 5.97 Å². The quantitative estimate of drug-likeness (QED) is 0.743. The molecule has 0 radical (unpaired) electrons. The number of fused-ring (bicyclic) bond motifs is 1. The van der Waals surface area contributed by atoms with Crippen LogP contribution in [0.25, 0.3) is 16.2 Å². The average Bonchev–Trinajstić information content (AvgIpc) is 3.05. The van der Waals surface area contributed by atoms with Gasteiger partial charge in [-0.1, -0.05) is 0 Å². The third-order valence-corrected chi connectivity index (χ3v) is 3.69. The molecule has 3 heterocycles. The summed E-state index contributed by atoms with van der Waals surface area (Å²) in [6.45, 7) is 3.74. The molecule has 0 bridgehead atoms. The van der Waals surface area contributed by atoms with Crippen molar-refractivity contribution in [2.45, 2.75) is 13.8 Å². The molecule has 1 N–H and O–H groups in total. The van der Waals surface area contributed by atoms with Crippen molar-refractivity contribution >= 4 is 28.3 Å². The Morgan fingerprint density at radius 2 is 2.33 bits per heavy atom. The number of aromatic amines is 1. The Bertz CT molecular complexity index is 864. The monoisotopic (exact) mass is 304 g/mol. The molecule has 0 aliphatic carbocycles. The van der Waals surface area contributed by atoms with Crippen LogP contribution in [0.1, 0.15) is 23.0 Å². The molecule has 0 amide bonds. The Kier molecular flexibility index (Phi) is 3.30. The van der Waals surface area contributed by atoms with Gasteiger partial charge in [-0.3, -0.25) is 4.79 Å². The molecule has 3 aromatic rings. The fourth-order valence-corrected chi connectivity index (χ4v) is 2.73. The van der Waals surface area contributed by atoms with E-state index in [0.717, 1.165) is 0 Å². The van der Waals surface area contributed by atoms with Crippen molar-refractivity contribution in [1.29, 1.82) is 0 Å². The number of hydrogen-bond acceptors (Lipinski definition) is 6. The minimum absolute atomic E-state index is 0.177. The molecule has 3 rings (SSSR count). The first kappa shape index (κ1) is 13.5. The fourth-order valence-electron chi connectivity index (χ4n) is 2.13. The number of carbonyl (C=O) groups excluding carboxylic acids is 1. The van der Waals surface area contributed by atoms with Crippen LogP contribution in [0.2, 0.25) is 0 Å². The maximum atomic E-state index is 12.1. The molecule has 0 saturated carbocycles. The molecular formula is C13H12N4O3S. The summed E-state index contributed by atoms with van der Waals surface area (Å²) >= 11 is 1.36. The number of pyridine rings is 1. The maximum Gasteiger partial charge on any atom is 0.359 e. The van der Waals surface area contributed by atoms with Crippen molar-refractivity contribution in [3.63, 3.8) is 0 Å². The van der Waals surface area contributed by atoms with E-state index in [-0.39, 0.29) is 17.9 Å². The minimum atomic E-state index is -0.520. The van der Waals surface area contributed by atoms with Gasteiger partial charge in [-0.05, 0) is 19.4 Å². The summed E-state index contributed by atoms with van der Waals surface area (Å²) < 4.78 is 6.49. The number of carbonyl (C=O) groups is 1. The Balaban J connectivity index is 2.34. The molecule has 0 unspecified atom stereocenters. The van der Waals surface area contributed by atoms with Gasteiger partial charge in [-0.25, -0.2) is 9.78 Å². The van der Waals surface area contributed by atoms with Crippen LogP contribution in [-0.4, -0.2) is 32.3 Å². The van der Waals surface area contributed by atoms with E-state index in [0.29, 0.717) is 21.7 Å². The largest absolute Gasteiger partial charge is 0.461 e. The second-order valence-corrected chi connectivity index (χ2v) is 5.21. The van der Waals surface area contributed by atoms with Gasteiger partial charge in [0, 0.05) is 17.6 Å². The normalized spacial score (nSPS) is 11.0. The van der Waals surface area contributed by atoms with Crippen LogP contribution in [0.4, 0.5) is 0 Å². The summed E-state index contributed by atoms with van der Waals surface area (Å²) in [5, 5.41) is 7.20.